The first-order chi connectivity index (χ1) is 8.50. The van der Waals surface area contributed by atoms with Gasteiger partial charge >= 0.3 is 6.18 Å². The molecule has 0 saturated heterocycles. The Labute approximate surface area is 101 Å². The minimum Gasteiger partial charge on any atom is -0.237 e. The fraction of sp³-hybridized carbons (Fsp3) is 0.0769. The van der Waals surface area contributed by atoms with Gasteiger partial charge < -0.3 is 0 Å². The molecule has 2 nitrogen and oxygen atoms in total. The SMILES string of the molecule is N#Cc1cccc(-c2ccc(C(F)(F)F)cc2)n1. The van der Waals surface area contributed by atoms with E-state index in [4.69, 9.17) is 5.26 Å². The van der Waals surface area contributed by atoms with Crippen molar-refractivity contribution in [2.45, 2.75) is 6.18 Å². The van der Waals surface area contributed by atoms with Crippen LogP contribution in [0.2, 0.25) is 0 Å². The molecule has 0 aliphatic carbocycles. The highest BCUT2D eigenvalue weighted by molar-refractivity contribution is 5.60. The molecule has 5 heteroatoms. The molecule has 1 heterocycles. The predicted octanol–water partition coefficient (Wildman–Crippen LogP) is 3.64. The number of nitriles is 1. The van der Waals surface area contributed by atoms with Crippen molar-refractivity contribution in [3.05, 3.63) is 53.7 Å². The van der Waals surface area contributed by atoms with E-state index in [-0.39, 0.29) is 5.69 Å². The Balaban J connectivity index is 2.38. The van der Waals surface area contributed by atoms with Crippen LogP contribution < -0.4 is 0 Å². The molecule has 0 saturated carbocycles. The molecule has 0 aliphatic heterocycles. The molecule has 2 aromatic rings. The Kier molecular flexibility index (Phi) is 3.02. The predicted molar refractivity (Wildman–Crippen MR) is 59.4 cm³/mol. The molecule has 0 unspecified atom stereocenters. The monoisotopic (exact) mass is 248 g/mol. The summed E-state index contributed by atoms with van der Waals surface area (Å²) in [4.78, 5) is 4.01. The average molecular weight is 248 g/mol. The highest BCUT2D eigenvalue weighted by Crippen LogP contribution is 2.30. The van der Waals surface area contributed by atoms with Gasteiger partial charge in [-0.15, -0.1) is 0 Å². The first-order valence-corrected chi connectivity index (χ1v) is 5.05. The van der Waals surface area contributed by atoms with E-state index >= 15 is 0 Å². The summed E-state index contributed by atoms with van der Waals surface area (Å²) in [5, 5.41) is 8.70. The van der Waals surface area contributed by atoms with E-state index in [1.54, 1.807) is 12.1 Å². The topological polar surface area (TPSA) is 36.7 Å². The fourth-order valence-corrected chi connectivity index (χ4v) is 1.49. The molecule has 0 bridgehead atoms. The van der Waals surface area contributed by atoms with Crippen LogP contribution in [0.1, 0.15) is 11.3 Å². The van der Waals surface area contributed by atoms with Crippen LogP contribution in [-0.2, 0) is 6.18 Å². The van der Waals surface area contributed by atoms with Crippen molar-refractivity contribution < 1.29 is 13.2 Å². The van der Waals surface area contributed by atoms with Gasteiger partial charge in [0.25, 0.3) is 0 Å². The van der Waals surface area contributed by atoms with E-state index in [1.165, 1.54) is 18.2 Å². The van der Waals surface area contributed by atoms with Crippen molar-refractivity contribution >= 4 is 0 Å². The lowest BCUT2D eigenvalue weighted by molar-refractivity contribution is -0.137. The molecule has 0 N–H and O–H groups in total. The summed E-state index contributed by atoms with van der Waals surface area (Å²) in [6.45, 7) is 0. The number of hydrogen-bond acceptors (Lipinski definition) is 2. The summed E-state index contributed by atoms with van der Waals surface area (Å²) in [7, 11) is 0. The third kappa shape index (κ3) is 2.48. The third-order valence-corrected chi connectivity index (χ3v) is 2.37. The van der Waals surface area contributed by atoms with Crippen LogP contribution in [0, 0.1) is 11.3 Å². The number of pyridine rings is 1. The fourth-order valence-electron chi connectivity index (χ4n) is 1.49. The number of halogens is 3. The third-order valence-electron chi connectivity index (χ3n) is 2.37. The summed E-state index contributed by atoms with van der Waals surface area (Å²) < 4.78 is 37.1. The number of aromatic nitrogens is 1. The zero-order valence-electron chi connectivity index (χ0n) is 9.07. The number of rotatable bonds is 1. The van der Waals surface area contributed by atoms with Gasteiger partial charge in [0.1, 0.15) is 11.8 Å². The van der Waals surface area contributed by atoms with Crippen molar-refractivity contribution in [2.24, 2.45) is 0 Å². The first-order valence-electron chi connectivity index (χ1n) is 5.05. The second-order valence-corrected chi connectivity index (χ2v) is 3.59. The van der Waals surface area contributed by atoms with E-state index in [0.29, 0.717) is 11.3 Å². The van der Waals surface area contributed by atoms with E-state index in [1.807, 2.05) is 6.07 Å². The largest absolute Gasteiger partial charge is 0.416 e. The highest BCUT2D eigenvalue weighted by Gasteiger charge is 2.29. The van der Waals surface area contributed by atoms with Gasteiger partial charge in [0, 0.05) is 5.56 Å². The Morgan fingerprint density at radius 3 is 2.22 bits per heavy atom. The van der Waals surface area contributed by atoms with Gasteiger partial charge in [-0.05, 0) is 24.3 Å². The molecular formula is C13H7F3N2. The summed E-state index contributed by atoms with van der Waals surface area (Å²) in [6, 6.07) is 11.4. The summed E-state index contributed by atoms with van der Waals surface area (Å²) >= 11 is 0. The molecule has 1 aromatic heterocycles. The maximum Gasteiger partial charge on any atom is 0.416 e. The van der Waals surface area contributed by atoms with Gasteiger partial charge in [0.15, 0.2) is 0 Å². The molecule has 2 rings (SSSR count). The standard InChI is InChI=1S/C13H7F3N2/c14-13(15,16)10-6-4-9(5-7-10)12-3-1-2-11(8-17)18-12/h1-7H. The van der Waals surface area contributed by atoms with Crippen LogP contribution in [0.5, 0.6) is 0 Å². The molecule has 0 amide bonds. The lowest BCUT2D eigenvalue weighted by Crippen LogP contribution is -2.04. The van der Waals surface area contributed by atoms with E-state index in [0.717, 1.165) is 12.1 Å². The molecule has 1 aromatic carbocycles. The van der Waals surface area contributed by atoms with Crippen molar-refractivity contribution in [1.29, 1.82) is 5.26 Å². The van der Waals surface area contributed by atoms with Crippen molar-refractivity contribution in [3.63, 3.8) is 0 Å². The Morgan fingerprint density at radius 1 is 1.00 bits per heavy atom. The maximum atomic E-state index is 12.4. The van der Waals surface area contributed by atoms with Crippen LogP contribution in [0.25, 0.3) is 11.3 Å². The van der Waals surface area contributed by atoms with Gasteiger partial charge in [-0.3, -0.25) is 0 Å². The maximum absolute atomic E-state index is 12.4. The molecule has 0 spiro atoms. The first kappa shape index (κ1) is 12.1. The minimum absolute atomic E-state index is 0.229. The summed E-state index contributed by atoms with van der Waals surface area (Å²) in [6.07, 6.45) is -4.35. The van der Waals surface area contributed by atoms with Gasteiger partial charge in [-0.1, -0.05) is 18.2 Å². The van der Waals surface area contributed by atoms with Gasteiger partial charge in [-0.25, -0.2) is 4.98 Å². The Bertz CT molecular complexity index is 595. The second-order valence-electron chi connectivity index (χ2n) is 3.59. The Morgan fingerprint density at radius 2 is 1.67 bits per heavy atom. The number of alkyl halides is 3. The minimum atomic E-state index is -4.35. The van der Waals surface area contributed by atoms with Gasteiger partial charge in [0.05, 0.1) is 11.3 Å². The molecule has 0 fully saturated rings. The molecular weight excluding hydrogens is 241 g/mol. The Hall–Kier alpha value is -2.35. The molecule has 0 atom stereocenters. The van der Waals surface area contributed by atoms with Gasteiger partial charge in [-0.2, -0.15) is 18.4 Å². The number of nitrogens with zero attached hydrogens (tertiary/aromatic N) is 2. The smallest absolute Gasteiger partial charge is 0.237 e. The molecule has 90 valence electrons. The lowest BCUT2D eigenvalue weighted by atomic mass is 10.1. The zero-order chi connectivity index (χ0) is 13.2. The van der Waals surface area contributed by atoms with Crippen molar-refractivity contribution in [1.82, 2.24) is 4.98 Å². The summed E-state index contributed by atoms with van der Waals surface area (Å²) in [5.74, 6) is 0. The van der Waals surface area contributed by atoms with E-state index in [9.17, 15) is 13.2 Å². The van der Waals surface area contributed by atoms with E-state index < -0.39 is 11.7 Å². The molecule has 0 radical (unpaired) electrons. The van der Waals surface area contributed by atoms with Crippen molar-refractivity contribution in [2.75, 3.05) is 0 Å². The van der Waals surface area contributed by atoms with E-state index in [2.05, 4.69) is 4.98 Å². The summed E-state index contributed by atoms with van der Waals surface area (Å²) in [5.41, 5.74) is 0.540. The van der Waals surface area contributed by atoms with Crippen LogP contribution >= 0.6 is 0 Å². The van der Waals surface area contributed by atoms with Crippen molar-refractivity contribution in [3.8, 4) is 17.3 Å². The number of benzene rings is 1. The van der Waals surface area contributed by atoms with Crippen LogP contribution in [0.3, 0.4) is 0 Å². The second kappa shape index (κ2) is 4.49. The van der Waals surface area contributed by atoms with Gasteiger partial charge in [0.2, 0.25) is 0 Å². The highest BCUT2D eigenvalue weighted by atomic mass is 19.4. The zero-order valence-corrected chi connectivity index (χ0v) is 9.07. The van der Waals surface area contributed by atoms with Crippen LogP contribution in [0.4, 0.5) is 13.2 Å². The quantitative estimate of drug-likeness (QED) is 0.772. The normalized spacial score (nSPS) is 11.0. The van der Waals surface area contributed by atoms with Crippen LogP contribution in [-0.4, -0.2) is 4.98 Å². The number of hydrogen-bond donors (Lipinski definition) is 0. The van der Waals surface area contributed by atoms with Crippen LogP contribution in [0.15, 0.2) is 42.5 Å². The lowest BCUT2D eigenvalue weighted by Gasteiger charge is -2.07. The molecule has 0 aliphatic rings. The molecule has 18 heavy (non-hydrogen) atoms. The average Bonchev–Trinajstić information content (AvgIpc) is 2.38.